The van der Waals surface area contributed by atoms with Crippen molar-refractivity contribution < 1.29 is 9.13 Å². The van der Waals surface area contributed by atoms with Gasteiger partial charge < -0.3 is 4.74 Å². The smallest absolute Gasteiger partial charge is 0.165 e. The van der Waals surface area contributed by atoms with E-state index >= 15 is 0 Å². The lowest BCUT2D eigenvalue weighted by Crippen LogP contribution is -2.08. The van der Waals surface area contributed by atoms with Crippen LogP contribution in [0.3, 0.4) is 0 Å². The van der Waals surface area contributed by atoms with Gasteiger partial charge in [0.1, 0.15) is 0 Å². The molecule has 0 fully saturated rings. The van der Waals surface area contributed by atoms with Gasteiger partial charge in [-0.25, -0.2) is 4.39 Å². The molecule has 1 atom stereocenters. The van der Waals surface area contributed by atoms with Crippen LogP contribution in [0.25, 0.3) is 0 Å². The number of hydrogen-bond acceptors (Lipinski definition) is 1. The normalized spacial score (nSPS) is 12.5. The molecule has 0 aliphatic rings. The van der Waals surface area contributed by atoms with Gasteiger partial charge in [-0.1, -0.05) is 36.2 Å². The molecule has 0 N–H and O–H groups in total. The van der Waals surface area contributed by atoms with E-state index in [4.69, 9.17) is 4.74 Å². The average Bonchev–Trinajstić information content (AvgIpc) is 2.20. The van der Waals surface area contributed by atoms with Crippen molar-refractivity contribution in [2.45, 2.75) is 26.7 Å². The van der Waals surface area contributed by atoms with Gasteiger partial charge in [-0.2, -0.15) is 0 Å². The zero-order chi connectivity index (χ0) is 11.3. The van der Waals surface area contributed by atoms with Crippen molar-refractivity contribution in [1.29, 1.82) is 0 Å². The number of halogens is 2. The summed E-state index contributed by atoms with van der Waals surface area (Å²) in [5.74, 6) is 0.489. The Kier molecular flexibility index (Phi) is 5.09. The first kappa shape index (κ1) is 12.5. The van der Waals surface area contributed by atoms with Crippen LogP contribution in [0, 0.1) is 11.7 Å². The Morgan fingerprint density at radius 2 is 2.20 bits per heavy atom. The fourth-order valence-electron chi connectivity index (χ4n) is 1.40. The Morgan fingerprint density at radius 1 is 1.47 bits per heavy atom. The van der Waals surface area contributed by atoms with Crippen LogP contribution in [-0.4, -0.2) is 6.61 Å². The summed E-state index contributed by atoms with van der Waals surface area (Å²) in [5.41, 5.74) is 0. The molecule has 1 nitrogen and oxygen atoms in total. The van der Waals surface area contributed by atoms with Gasteiger partial charge in [0.05, 0.1) is 6.61 Å². The van der Waals surface area contributed by atoms with Crippen molar-refractivity contribution in [3.05, 3.63) is 28.5 Å². The molecule has 1 aromatic rings. The number of rotatable bonds is 5. The Labute approximate surface area is 98.8 Å². The van der Waals surface area contributed by atoms with E-state index in [9.17, 15) is 4.39 Å². The molecule has 0 aromatic heterocycles. The third-order valence-corrected chi connectivity index (χ3v) is 2.69. The van der Waals surface area contributed by atoms with Crippen LogP contribution < -0.4 is 4.74 Å². The molecule has 84 valence electrons. The summed E-state index contributed by atoms with van der Waals surface area (Å²) in [6, 6.07) is 4.73. The lowest BCUT2D eigenvalue weighted by atomic mass is 10.1. The van der Waals surface area contributed by atoms with Gasteiger partial charge in [0.25, 0.3) is 0 Å². The van der Waals surface area contributed by atoms with E-state index in [0.29, 0.717) is 18.3 Å². The molecule has 0 amide bonds. The van der Waals surface area contributed by atoms with Crippen molar-refractivity contribution in [2.75, 3.05) is 6.61 Å². The fraction of sp³-hybridized carbons (Fsp3) is 0.500. The van der Waals surface area contributed by atoms with E-state index in [1.807, 2.05) is 0 Å². The Bertz CT molecular complexity index is 314. The Hall–Kier alpha value is -0.570. The van der Waals surface area contributed by atoms with E-state index in [0.717, 1.165) is 17.3 Å². The molecule has 0 aliphatic heterocycles. The lowest BCUT2D eigenvalue weighted by Gasteiger charge is -2.12. The molecule has 0 spiro atoms. The Balaban J connectivity index is 2.53. The van der Waals surface area contributed by atoms with E-state index < -0.39 is 0 Å². The predicted octanol–water partition coefficient (Wildman–Crippen LogP) is 4.40. The van der Waals surface area contributed by atoms with Gasteiger partial charge in [0.2, 0.25) is 0 Å². The summed E-state index contributed by atoms with van der Waals surface area (Å²) >= 11 is 3.29. The van der Waals surface area contributed by atoms with E-state index in [2.05, 4.69) is 29.8 Å². The molecule has 0 aliphatic carbocycles. The summed E-state index contributed by atoms with van der Waals surface area (Å²) in [6.07, 6.45) is 2.24. The third-order valence-electron chi connectivity index (χ3n) is 2.20. The number of hydrogen-bond donors (Lipinski definition) is 0. The van der Waals surface area contributed by atoms with Gasteiger partial charge in [-0.05, 0) is 30.5 Å². The SMILES string of the molecule is CCCC(C)COc1cc(Br)ccc1F. The van der Waals surface area contributed by atoms with Crippen LogP contribution in [0.5, 0.6) is 5.75 Å². The van der Waals surface area contributed by atoms with E-state index in [-0.39, 0.29) is 5.82 Å². The highest BCUT2D eigenvalue weighted by molar-refractivity contribution is 9.10. The van der Waals surface area contributed by atoms with Crippen molar-refractivity contribution >= 4 is 15.9 Å². The van der Waals surface area contributed by atoms with Gasteiger partial charge in [-0.15, -0.1) is 0 Å². The van der Waals surface area contributed by atoms with Crippen molar-refractivity contribution in [3.8, 4) is 5.75 Å². The molecule has 0 saturated heterocycles. The summed E-state index contributed by atoms with van der Waals surface area (Å²) in [5, 5.41) is 0. The van der Waals surface area contributed by atoms with Crippen LogP contribution in [0.2, 0.25) is 0 Å². The minimum atomic E-state index is -0.304. The highest BCUT2D eigenvalue weighted by Crippen LogP contribution is 2.23. The predicted molar refractivity (Wildman–Crippen MR) is 63.7 cm³/mol. The standard InChI is InChI=1S/C12H16BrFO/c1-3-4-9(2)8-15-12-7-10(13)5-6-11(12)14/h5-7,9H,3-4,8H2,1-2H3. The summed E-state index contributed by atoms with van der Waals surface area (Å²) in [4.78, 5) is 0. The molecule has 15 heavy (non-hydrogen) atoms. The summed E-state index contributed by atoms with van der Waals surface area (Å²) in [7, 11) is 0. The van der Waals surface area contributed by atoms with Crippen LogP contribution in [-0.2, 0) is 0 Å². The maximum absolute atomic E-state index is 13.3. The third kappa shape index (κ3) is 4.20. The van der Waals surface area contributed by atoms with Crippen LogP contribution in [0.15, 0.2) is 22.7 Å². The van der Waals surface area contributed by atoms with Crippen molar-refractivity contribution in [1.82, 2.24) is 0 Å². The highest BCUT2D eigenvalue weighted by Gasteiger charge is 2.06. The highest BCUT2D eigenvalue weighted by atomic mass is 79.9. The van der Waals surface area contributed by atoms with Gasteiger partial charge in [-0.3, -0.25) is 0 Å². The van der Waals surface area contributed by atoms with Crippen LogP contribution >= 0.6 is 15.9 Å². The average molecular weight is 275 g/mol. The number of benzene rings is 1. The zero-order valence-corrected chi connectivity index (χ0v) is 10.7. The first-order chi connectivity index (χ1) is 7.13. The first-order valence-electron chi connectivity index (χ1n) is 5.21. The lowest BCUT2D eigenvalue weighted by molar-refractivity contribution is 0.241. The van der Waals surface area contributed by atoms with Crippen molar-refractivity contribution in [2.24, 2.45) is 5.92 Å². The first-order valence-corrected chi connectivity index (χ1v) is 6.00. The molecule has 0 saturated carbocycles. The fourth-order valence-corrected chi connectivity index (χ4v) is 1.74. The molecule has 1 aromatic carbocycles. The molecule has 3 heteroatoms. The molecular formula is C12H16BrFO. The maximum atomic E-state index is 13.3. The summed E-state index contributed by atoms with van der Waals surface area (Å²) in [6.45, 7) is 4.82. The second kappa shape index (κ2) is 6.11. The zero-order valence-electron chi connectivity index (χ0n) is 9.09. The minimum absolute atomic E-state index is 0.304. The second-order valence-electron chi connectivity index (χ2n) is 3.78. The maximum Gasteiger partial charge on any atom is 0.165 e. The monoisotopic (exact) mass is 274 g/mol. The quantitative estimate of drug-likeness (QED) is 0.773. The number of ether oxygens (including phenoxy) is 1. The molecule has 1 unspecified atom stereocenters. The van der Waals surface area contributed by atoms with E-state index in [1.165, 1.54) is 6.07 Å². The molecule has 1 rings (SSSR count). The van der Waals surface area contributed by atoms with Gasteiger partial charge in [0.15, 0.2) is 11.6 Å². The molecular weight excluding hydrogens is 259 g/mol. The molecule has 0 heterocycles. The van der Waals surface area contributed by atoms with Crippen molar-refractivity contribution in [3.63, 3.8) is 0 Å². The largest absolute Gasteiger partial charge is 0.490 e. The van der Waals surface area contributed by atoms with Crippen LogP contribution in [0.1, 0.15) is 26.7 Å². The van der Waals surface area contributed by atoms with Gasteiger partial charge in [0, 0.05) is 4.47 Å². The second-order valence-corrected chi connectivity index (χ2v) is 4.70. The van der Waals surface area contributed by atoms with Crippen LogP contribution in [0.4, 0.5) is 4.39 Å². The molecule has 0 radical (unpaired) electrons. The van der Waals surface area contributed by atoms with E-state index in [1.54, 1.807) is 12.1 Å². The topological polar surface area (TPSA) is 9.23 Å². The minimum Gasteiger partial charge on any atom is -0.490 e. The summed E-state index contributed by atoms with van der Waals surface area (Å²) < 4.78 is 19.5. The molecule has 0 bridgehead atoms. The van der Waals surface area contributed by atoms with Gasteiger partial charge >= 0.3 is 0 Å². The Morgan fingerprint density at radius 3 is 2.87 bits per heavy atom.